The van der Waals surface area contributed by atoms with Crippen molar-refractivity contribution in [3.63, 3.8) is 0 Å². The number of halogens is 1. The highest BCUT2D eigenvalue weighted by molar-refractivity contribution is 9.10. The quantitative estimate of drug-likeness (QED) is 0.874. The predicted molar refractivity (Wildman–Crippen MR) is 69.2 cm³/mol. The zero-order valence-electron chi connectivity index (χ0n) is 9.81. The maximum absolute atomic E-state index is 10.7. The van der Waals surface area contributed by atoms with E-state index in [9.17, 15) is 4.79 Å². The number of rotatable bonds is 5. The van der Waals surface area contributed by atoms with Crippen LogP contribution in [0.1, 0.15) is 19.4 Å². The van der Waals surface area contributed by atoms with Crippen LogP contribution in [-0.2, 0) is 11.2 Å². The Morgan fingerprint density at radius 3 is 2.65 bits per heavy atom. The van der Waals surface area contributed by atoms with Gasteiger partial charge in [-0.25, -0.2) is 4.79 Å². The molecule has 17 heavy (non-hydrogen) atoms. The minimum absolute atomic E-state index is 0.0895. The fourth-order valence-corrected chi connectivity index (χ4v) is 1.90. The van der Waals surface area contributed by atoms with Crippen LogP contribution in [0, 0.1) is 0 Å². The van der Waals surface area contributed by atoms with E-state index >= 15 is 0 Å². The molecule has 0 aliphatic carbocycles. The minimum atomic E-state index is -0.989. The highest BCUT2D eigenvalue weighted by Gasteiger charge is 2.14. The minimum Gasteiger partial charge on any atom is -0.479 e. The molecular weight excluding hydrogens is 286 g/mol. The lowest BCUT2D eigenvalue weighted by Crippen LogP contribution is -2.23. The van der Waals surface area contributed by atoms with Crippen LogP contribution in [0.4, 0.5) is 0 Å². The maximum Gasteiger partial charge on any atom is 0.344 e. The summed E-state index contributed by atoms with van der Waals surface area (Å²) < 4.78 is 6.03. The Labute approximate surface area is 109 Å². The van der Waals surface area contributed by atoms with Gasteiger partial charge in [0.1, 0.15) is 5.75 Å². The first-order chi connectivity index (χ1) is 7.90. The summed E-state index contributed by atoms with van der Waals surface area (Å²) in [6.07, 6.45) is -0.0986. The lowest BCUT2D eigenvalue weighted by molar-refractivity contribution is -0.144. The molecule has 4 nitrogen and oxygen atoms in total. The van der Waals surface area contributed by atoms with Crippen LogP contribution < -0.4 is 10.5 Å². The van der Waals surface area contributed by atoms with Gasteiger partial charge in [-0.2, -0.15) is 0 Å². The van der Waals surface area contributed by atoms with Gasteiger partial charge in [0.05, 0.1) is 4.47 Å². The van der Waals surface area contributed by atoms with Crippen LogP contribution in [0.2, 0.25) is 0 Å². The fourth-order valence-electron chi connectivity index (χ4n) is 1.38. The highest BCUT2D eigenvalue weighted by Crippen LogP contribution is 2.27. The molecule has 0 fully saturated rings. The summed E-state index contributed by atoms with van der Waals surface area (Å²) in [6.45, 7) is 3.43. The van der Waals surface area contributed by atoms with Gasteiger partial charge in [0.2, 0.25) is 0 Å². The smallest absolute Gasteiger partial charge is 0.344 e. The van der Waals surface area contributed by atoms with E-state index in [1.807, 2.05) is 19.1 Å². The number of carboxylic acid groups (broad SMARTS) is 1. The van der Waals surface area contributed by atoms with E-state index in [2.05, 4.69) is 15.9 Å². The fraction of sp³-hybridized carbons (Fsp3) is 0.417. The molecule has 0 bridgehead atoms. The van der Waals surface area contributed by atoms with Crippen LogP contribution in [-0.4, -0.2) is 23.2 Å². The number of hydrogen-bond acceptors (Lipinski definition) is 3. The van der Waals surface area contributed by atoms with Gasteiger partial charge >= 0.3 is 5.97 Å². The molecule has 0 radical (unpaired) electrons. The molecule has 3 N–H and O–H groups in total. The molecule has 2 atom stereocenters. The average Bonchev–Trinajstić information content (AvgIpc) is 2.20. The predicted octanol–water partition coefficient (Wildman–Crippen LogP) is 2.19. The largest absolute Gasteiger partial charge is 0.479 e. The number of hydrogen-bond donors (Lipinski definition) is 2. The van der Waals surface area contributed by atoms with Crippen molar-refractivity contribution < 1.29 is 14.6 Å². The molecule has 2 unspecified atom stereocenters. The molecule has 1 aromatic carbocycles. The number of nitrogens with two attached hydrogens (primary N) is 1. The molecule has 0 aliphatic heterocycles. The third-order valence-corrected chi connectivity index (χ3v) is 2.83. The average molecular weight is 302 g/mol. The molecule has 1 aromatic rings. The van der Waals surface area contributed by atoms with Gasteiger partial charge in [-0.1, -0.05) is 6.07 Å². The summed E-state index contributed by atoms with van der Waals surface area (Å²) in [5.41, 5.74) is 6.79. The number of carbonyl (C=O) groups is 1. The van der Waals surface area contributed by atoms with Crippen molar-refractivity contribution in [3.8, 4) is 5.75 Å². The molecule has 0 saturated heterocycles. The van der Waals surface area contributed by atoms with Crippen molar-refractivity contribution in [2.75, 3.05) is 0 Å². The molecule has 1 rings (SSSR count). The molecule has 0 saturated carbocycles. The van der Waals surface area contributed by atoms with Gasteiger partial charge in [0.15, 0.2) is 6.10 Å². The normalized spacial score (nSPS) is 14.1. The van der Waals surface area contributed by atoms with Gasteiger partial charge in [0, 0.05) is 6.04 Å². The van der Waals surface area contributed by atoms with E-state index in [4.69, 9.17) is 15.6 Å². The van der Waals surface area contributed by atoms with E-state index in [1.165, 1.54) is 6.92 Å². The van der Waals surface area contributed by atoms with E-state index in [0.29, 0.717) is 5.75 Å². The van der Waals surface area contributed by atoms with E-state index in [0.717, 1.165) is 16.5 Å². The van der Waals surface area contributed by atoms with Crippen LogP contribution in [0.25, 0.3) is 0 Å². The second-order valence-electron chi connectivity index (χ2n) is 4.04. The Balaban J connectivity index is 2.79. The molecule has 94 valence electrons. The topological polar surface area (TPSA) is 72.5 Å². The number of ether oxygens (including phenoxy) is 1. The Hall–Kier alpha value is -1.07. The van der Waals surface area contributed by atoms with Crippen LogP contribution in [0.15, 0.2) is 22.7 Å². The van der Waals surface area contributed by atoms with Gasteiger partial charge < -0.3 is 15.6 Å². The van der Waals surface area contributed by atoms with E-state index < -0.39 is 12.1 Å². The van der Waals surface area contributed by atoms with Crippen molar-refractivity contribution >= 4 is 21.9 Å². The lowest BCUT2D eigenvalue weighted by Gasteiger charge is -2.13. The summed E-state index contributed by atoms with van der Waals surface area (Å²) in [6, 6.07) is 5.62. The van der Waals surface area contributed by atoms with Crippen molar-refractivity contribution in [2.24, 2.45) is 5.73 Å². The van der Waals surface area contributed by atoms with Crippen LogP contribution >= 0.6 is 15.9 Å². The zero-order chi connectivity index (χ0) is 13.0. The summed E-state index contributed by atoms with van der Waals surface area (Å²) in [5, 5.41) is 8.75. The van der Waals surface area contributed by atoms with Crippen molar-refractivity contribution in [2.45, 2.75) is 32.4 Å². The summed E-state index contributed by atoms with van der Waals surface area (Å²) >= 11 is 3.36. The second kappa shape index (κ2) is 6.02. The standard InChI is InChI=1S/C12H16BrNO3/c1-7(14)5-9-3-4-11(10(13)6-9)17-8(2)12(15)16/h3-4,6-8H,5,14H2,1-2H3,(H,15,16). The molecular formula is C12H16BrNO3. The SMILES string of the molecule is CC(N)Cc1ccc(OC(C)C(=O)O)c(Br)c1. The van der Waals surface area contributed by atoms with E-state index in [-0.39, 0.29) is 6.04 Å². The first-order valence-corrected chi connectivity index (χ1v) is 6.13. The Kier molecular flexibility index (Phi) is 4.96. The number of carboxylic acids is 1. The summed E-state index contributed by atoms with van der Waals surface area (Å²) in [7, 11) is 0. The van der Waals surface area contributed by atoms with Gasteiger partial charge in [-0.3, -0.25) is 0 Å². The Morgan fingerprint density at radius 1 is 1.53 bits per heavy atom. The third-order valence-electron chi connectivity index (χ3n) is 2.21. The maximum atomic E-state index is 10.7. The van der Waals surface area contributed by atoms with Gasteiger partial charge in [-0.05, 0) is 53.9 Å². The summed E-state index contributed by atoms with van der Waals surface area (Å²) in [4.78, 5) is 10.7. The molecule has 0 aliphatic rings. The molecule has 0 aromatic heterocycles. The summed E-state index contributed by atoms with van der Waals surface area (Å²) in [5.74, 6) is -0.468. The molecule has 0 spiro atoms. The van der Waals surface area contributed by atoms with Crippen molar-refractivity contribution in [3.05, 3.63) is 28.2 Å². The molecule has 5 heteroatoms. The first-order valence-electron chi connectivity index (χ1n) is 5.33. The van der Waals surface area contributed by atoms with Gasteiger partial charge in [-0.15, -0.1) is 0 Å². The number of aliphatic carboxylic acids is 1. The highest BCUT2D eigenvalue weighted by atomic mass is 79.9. The Bertz CT molecular complexity index is 407. The zero-order valence-corrected chi connectivity index (χ0v) is 11.4. The third kappa shape index (κ3) is 4.36. The Morgan fingerprint density at radius 2 is 2.18 bits per heavy atom. The van der Waals surface area contributed by atoms with E-state index in [1.54, 1.807) is 6.07 Å². The first kappa shape index (κ1) is 14.0. The van der Waals surface area contributed by atoms with Crippen LogP contribution in [0.3, 0.4) is 0 Å². The molecule has 0 amide bonds. The monoisotopic (exact) mass is 301 g/mol. The lowest BCUT2D eigenvalue weighted by atomic mass is 10.1. The number of benzene rings is 1. The molecule has 0 heterocycles. The van der Waals surface area contributed by atoms with Gasteiger partial charge in [0.25, 0.3) is 0 Å². The van der Waals surface area contributed by atoms with Crippen LogP contribution in [0.5, 0.6) is 5.75 Å². The second-order valence-corrected chi connectivity index (χ2v) is 4.90. The van der Waals surface area contributed by atoms with Crippen molar-refractivity contribution in [1.82, 2.24) is 0 Å². The van der Waals surface area contributed by atoms with Crippen molar-refractivity contribution in [1.29, 1.82) is 0 Å².